The lowest BCUT2D eigenvalue weighted by molar-refractivity contribution is -0.162. The maximum atomic E-state index is 12.8. The number of benzene rings is 2. The van der Waals surface area contributed by atoms with Gasteiger partial charge in [0, 0.05) is 46.7 Å². The molecule has 4 unspecified atom stereocenters. The molecule has 2 aromatic rings. The fourth-order valence-corrected chi connectivity index (χ4v) is 8.25. The smallest absolute Gasteiger partial charge is 0.338 e. The number of halogens is 1. The quantitative estimate of drug-likeness (QED) is 0.0817. The Hall–Kier alpha value is -3.48. The van der Waals surface area contributed by atoms with Gasteiger partial charge in [-0.1, -0.05) is 91.5 Å². The summed E-state index contributed by atoms with van der Waals surface area (Å²) in [5.41, 5.74) is 2.21. The Morgan fingerprint density at radius 2 is 1.02 bits per heavy atom. The summed E-state index contributed by atoms with van der Waals surface area (Å²) in [6, 6.07) is 14.4. The Bertz CT molecular complexity index is 1810. The molecule has 18 heteroatoms. The number of hydrogen-bond acceptors (Lipinski definition) is 12. The van der Waals surface area contributed by atoms with Crippen LogP contribution >= 0.6 is 10.7 Å². The molecule has 0 spiro atoms. The van der Waals surface area contributed by atoms with Crippen LogP contribution in [-0.4, -0.2) is 70.7 Å². The van der Waals surface area contributed by atoms with Crippen LogP contribution in [0.15, 0.2) is 71.2 Å². The van der Waals surface area contributed by atoms with Crippen molar-refractivity contribution >= 4 is 65.6 Å². The van der Waals surface area contributed by atoms with Crippen molar-refractivity contribution in [2.75, 3.05) is 29.9 Å². The Balaban J connectivity index is 0.000000365. The highest BCUT2D eigenvalue weighted by Crippen LogP contribution is 2.42. The first-order valence-electron chi connectivity index (χ1n) is 19.6. The number of cyclic esters (lactones) is 2. The zero-order valence-electron chi connectivity index (χ0n) is 35.4. The van der Waals surface area contributed by atoms with E-state index in [9.17, 15) is 36.6 Å². The van der Waals surface area contributed by atoms with E-state index in [0.717, 1.165) is 68.7 Å². The highest BCUT2D eigenvalue weighted by atomic mass is 35.7. The minimum Gasteiger partial charge on any atom is -0.512 e. The largest absolute Gasteiger partial charge is 0.512 e. The lowest BCUT2D eigenvalue weighted by Gasteiger charge is -2.38. The molecule has 14 nitrogen and oxygen atoms in total. The molecule has 59 heavy (non-hydrogen) atoms. The van der Waals surface area contributed by atoms with Crippen molar-refractivity contribution in [1.29, 1.82) is 0 Å². The average Bonchev–Trinajstić information content (AvgIpc) is 3.14. The molecule has 4 atom stereocenters. The van der Waals surface area contributed by atoms with Gasteiger partial charge in [0.15, 0.2) is 0 Å². The molecule has 0 amide bonds. The van der Waals surface area contributed by atoms with Crippen molar-refractivity contribution in [2.45, 2.75) is 129 Å². The lowest BCUT2D eigenvalue weighted by atomic mass is 9.82. The number of esters is 2. The Labute approximate surface area is 359 Å². The van der Waals surface area contributed by atoms with Crippen LogP contribution in [0, 0.1) is 0 Å². The summed E-state index contributed by atoms with van der Waals surface area (Å²) in [6.07, 6.45) is 8.12. The van der Waals surface area contributed by atoms with Crippen LogP contribution in [0.25, 0.3) is 0 Å². The second-order valence-electron chi connectivity index (χ2n) is 14.6. The first-order valence-corrected chi connectivity index (χ1v) is 24.4. The van der Waals surface area contributed by atoms with E-state index in [0.29, 0.717) is 35.4 Å². The molecule has 2 aliphatic heterocycles. The summed E-state index contributed by atoms with van der Waals surface area (Å²) < 4.78 is 68.4. The van der Waals surface area contributed by atoms with Crippen LogP contribution in [0.4, 0.5) is 11.4 Å². The van der Waals surface area contributed by atoms with E-state index < -0.39 is 54.7 Å². The van der Waals surface area contributed by atoms with E-state index in [1.807, 2.05) is 53.7 Å². The number of anilines is 2. The molecule has 332 valence electrons. The zero-order valence-corrected chi connectivity index (χ0v) is 38.6. The summed E-state index contributed by atoms with van der Waals surface area (Å²) in [4.78, 5) is 25.5. The zero-order chi connectivity index (χ0) is 44.6. The van der Waals surface area contributed by atoms with E-state index >= 15 is 0 Å². The van der Waals surface area contributed by atoms with Crippen LogP contribution in [-0.2, 0) is 59.0 Å². The minimum atomic E-state index is -3.19. The number of carbonyl (C=O) groups is 2. The maximum Gasteiger partial charge on any atom is 0.338 e. The van der Waals surface area contributed by atoms with Gasteiger partial charge in [-0.2, -0.15) is 0 Å². The lowest BCUT2D eigenvalue weighted by Crippen LogP contribution is -2.41. The molecule has 0 aromatic heterocycles. The van der Waals surface area contributed by atoms with Gasteiger partial charge in [-0.15, -0.1) is 0 Å². The number of hydrogen-bond donors (Lipinski definition) is 4. The van der Waals surface area contributed by atoms with Crippen molar-refractivity contribution in [3.8, 4) is 0 Å². The van der Waals surface area contributed by atoms with Crippen LogP contribution in [0.1, 0.15) is 129 Å². The summed E-state index contributed by atoms with van der Waals surface area (Å²) in [7, 11) is 3.99. The third kappa shape index (κ3) is 16.1. The van der Waals surface area contributed by atoms with Crippen LogP contribution in [0.3, 0.4) is 0 Å². The highest BCUT2D eigenvalue weighted by Gasteiger charge is 2.43. The fourth-order valence-electron chi connectivity index (χ4n) is 7.45. The number of ether oxygens (including phenoxy) is 2. The molecule has 0 saturated carbocycles. The molecule has 0 fully saturated rings. The summed E-state index contributed by atoms with van der Waals surface area (Å²) in [5, 5.41) is 21.4. The minimum absolute atomic E-state index is 0.111. The molecule has 0 aliphatic carbocycles. The first kappa shape index (κ1) is 51.7. The average molecular weight is 906 g/mol. The van der Waals surface area contributed by atoms with Crippen LogP contribution in [0.2, 0.25) is 0 Å². The molecular formula is C41H61ClN2O12S3. The van der Waals surface area contributed by atoms with Gasteiger partial charge in [0.2, 0.25) is 9.05 Å². The number of nitrogens with one attached hydrogen (secondary N) is 2. The van der Waals surface area contributed by atoms with Gasteiger partial charge < -0.3 is 19.7 Å². The monoisotopic (exact) mass is 904 g/mol. The second kappa shape index (κ2) is 24.1. The van der Waals surface area contributed by atoms with Crippen LogP contribution < -0.4 is 9.44 Å². The van der Waals surface area contributed by atoms with Crippen molar-refractivity contribution in [2.24, 2.45) is 0 Å². The van der Waals surface area contributed by atoms with Gasteiger partial charge in [-0.25, -0.2) is 26.4 Å². The number of carbonyl (C=O) groups excluding carboxylic acids is 2. The predicted octanol–water partition coefficient (Wildman–Crippen LogP) is 9.24. The van der Waals surface area contributed by atoms with Crippen molar-refractivity contribution < 1.29 is 54.5 Å². The molecule has 0 saturated heterocycles. The van der Waals surface area contributed by atoms with Gasteiger partial charge in [0.05, 0.1) is 31.6 Å². The van der Waals surface area contributed by atoms with Gasteiger partial charge in [-0.05, 0) is 61.1 Å². The molecule has 4 rings (SSSR count). The van der Waals surface area contributed by atoms with Crippen molar-refractivity contribution in [3.05, 3.63) is 82.3 Å². The number of aliphatic hydroxyl groups is 2. The predicted molar refractivity (Wildman–Crippen MR) is 234 cm³/mol. The topological polar surface area (TPSA) is 204 Å². The van der Waals surface area contributed by atoms with Gasteiger partial charge in [-0.3, -0.25) is 17.8 Å². The van der Waals surface area contributed by atoms with Gasteiger partial charge in [0.1, 0.15) is 22.7 Å². The standard InChI is InChI=1S/2C20H29NO5S.CH3ClO2S/c2*1-5-10-20(11-6-2)13-17(22)18(19(23)26-20)14(3)15-8-7-9-16(12-15)21-27(24)25-4;1-5(2,3)4/h2*7-9,12,14,21-22H,5-6,10-11,13H2,1-4H3;1H3. The fraction of sp³-hybridized carbons (Fsp3) is 0.561. The Morgan fingerprint density at radius 3 is 1.27 bits per heavy atom. The number of rotatable bonds is 18. The summed E-state index contributed by atoms with van der Waals surface area (Å²) in [6.45, 7) is 11.9. The van der Waals surface area contributed by atoms with Gasteiger partial charge >= 0.3 is 11.9 Å². The first-order chi connectivity index (χ1) is 27.7. The van der Waals surface area contributed by atoms with E-state index in [1.165, 1.54) is 14.2 Å². The Morgan fingerprint density at radius 1 is 0.712 bits per heavy atom. The highest BCUT2D eigenvalue weighted by molar-refractivity contribution is 8.13. The van der Waals surface area contributed by atoms with Crippen molar-refractivity contribution in [3.63, 3.8) is 0 Å². The molecule has 2 aromatic carbocycles. The second-order valence-corrected chi connectivity index (χ2v) is 19.7. The molecule has 2 aliphatic rings. The molecule has 0 bridgehead atoms. The van der Waals surface area contributed by atoms with Crippen LogP contribution in [0.5, 0.6) is 0 Å². The third-order valence-corrected chi connectivity index (χ3v) is 11.2. The van der Waals surface area contributed by atoms with E-state index in [4.69, 9.17) is 17.8 Å². The molecule has 0 radical (unpaired) electrons. The van der Waals surface area contributed by atoms with E-state index in [-0.39, 0.29) is 23.4 Å². The summed E-state index contributed by atoms with van der Waals surface area (Å²) >= 11 is -3.27. The molecule has 2 heterocycles. The summed E-state index contributed by atoms with van der Waals surface area (Å²) in [5.74, 6) is -1.38. The number of aliphatic hydroxyl groups excluding tert-OH is 2. The van der Waals surface area contributed by atoms with Crippen molar-refractivity contribution in [1.82, 2.24) is 0 Å². The maximum absolute atomic E-state index is 12.8. The third-order valence-electron chi connectivity index (χ3n) is 9.83. The van der Waals surface area contributed by atoms with E-state index in [1.54, 1.807) is 36.4 Å². The Kier molecular flexibility index (Phi) is 21.1. The normalized spacial score (nSPS) is 18.1. The van der Waals surface area contributed by atoms with Gasteiger partial charge in [0.25, 0.3) is 22.5 Å². The SMILES string of the molecule is CCCC1(CCC)CC(O)=C(C(C)c2cccc(NS(=O)OC)c2)C(=O)O1.CCCC1(CCC)CC(O)=C(C(C)c2cccc(NS(=O)OC)c2)C(=O)O1.CS(=O)(=O)Cl. The van der Waals surface area contributed by atoms with E-state index in [2.05, 4.69) is 20.1 Å². The molecule has 4 N–H and O–H groups in total. The molecular weight excluding hydrogens is 844 g/mol.